The van der Waals surface area contributed by atoms with Gasteiger partial charge in [-0.2, -0.15) is 5.10 Å². The van der Waals surface area contributed by atoms with Gasteiger partial charge in [-0.3, -0.25) is 4.68 Å². The fraction of sp³-hybridized carbons (Fsp3) is 0.812. The molecule has 108 valence electrons. The lowest BCUT2D eigenvalue weighted by Crippen LogP contribution is -2.42. The van der Waals surface area contributed by atoms with Gasteiger partial charge in [-0.25, -0.2) is 0 Å². The van der Waals surface area contributed by atoms with E-state index < -0.39 is 0 Å². The zero-order chi connectivity index (χ0) is 14.1. The maximum absolute atomic E-state index is 6.70. The van der Waals surface area contributed by atoms with E-state index in [1.165, 1.54) is 25.0 Å². The van der Waals surface area contributed by atoms with Gasteiger partial charge in [0.1, 0.15) is 0 Å². The summed E-state index contributed by atoms with van der Waals surface area (Å²) in [5.74, 6) is 0. The highest BCUT2D eigenvalue weighted by molar-refractivity contribution is 5.13. The molecule has 19 heavy (non-hydrogen) atoms. The van der Waals surface area contributed by atoms with Crippen LogP contribution in [0.5, 0.6) is 0 Å². The molecule has 0 saturated heterocycles. The highest BCUT2D eigenvalue weighted by atomic mass is 15.3. The minimum Gasteiger partial charge on any atom is -0.325 e. The summed E-state index contributed by atoms with van der Waals surface area (Å²) in [5.41, 5.74) is 9.54. The highest BCUT2D eigenvalue weighted by Crippen LogP contribution is 2.38. The van der Waals surface area contributed by atoms with Crippen LogP contribution in [-0.2, 0) is 13.0 Å². The van der Waals surface area contributed by atoms with E-state index in [-0.39, 0.29) is 5.54 Å². The van der Waals surface area contributed by atoms with Crippen molar-refractivity contribution in [3.05, 3.63) is 17.5 Å². The molecule has 0 aliphatic heterocycles. The lowest BCUT2D eigenvalue weighted by molar-refractivity contribution is 0.295. The Labute approximate surface area is 117 Å². The summed E-state index contributed by atoms with van der Waals surface area (Å²) >= 11 is 0. The van der Waals surface area contributed by atoms with Gasteiger partial charge < -0.3 is 5.73 Å². The van der Waals surface area contributed by atoms with Gasteiger partial charge in [-0.15, -0.1) is 0 Å². The van der Waals surface area contributed by atoms with Crippen LogP contribution >= 0.6 is 0 Å². The Bertz CT molecular complexity index is 433. The second-order valence-corrected chi connectivity index (χ2v) is 7.15. The Morgan fingerprint density at radius 2 is 2.00 bits per heavy atom. The van der Waals surface area contributed by atoms with E-state index in [1.54, 1.807) is 0 Å². The molecule has 1 unspecified atom stereocenters. The summed E-state index contributed by atoms with van der Waals surface area (Å²) in [4.78, 5) is 0. The molecule has 3 nitrogen and oxygen atoms in total. The molecule has 1 saturated carbocycles. The molecular weight excluding hydrogens is 234 g/mol. The molecule has 0 spiro atoms. The molecule has 1 aliphatic carbocycles. The molecule has 1 atom stereocenters. The highest BCUT2D eigenvalue weighted by Gasteiger charge is 2.33. The van der Waals surface area contributed by atoms with Gasteiger partial charge in [0.05, 0.1) is 5.69 Å². The Morgan fingerprint density at radius 1 is 1.26 bits per heavy atom. The molecule has 0 radical (unpaired) electrons. The number of rotatable bonds is 3. The van der Waals surface area contributed by atoms with E-state index in [2.05, 4.69) is 43.5 Å². The van der Waals surface area contributed by atoms with Crippen LogP contribution in [0.4, 0.5) is 0 Å². The Balaban J connectivity index is 2.12. The number of aryl methyl sites for hydroxylation is 2. The van der Waals surface area contributed by atoms with Crippen molar-refractivity contribution in [1.82, 2.24) is 9.78 Å². The molecule has 1 aromatic heterocycles. The van der Waals surface area contributed by atoms with E-state index in [4.69, 9.17) is 5.73 Å². The van der Waals surface area contributed by atoms with Crippen LogP contribution in [0, 0.1) is 12.3 Å². The Hall–Kier alpha value is -0.830. The standard InChI is InChI=1S/C16H29N3/c1-5-19-14(11-13(2)18-19)12-16(17)8-6-7-15(3,4)9-10-16/h11H,5-10,12,17H2,1-4H3. The fourth-order valence-electron chi connectivity index (χ4n) is 3.31. The van der Waals surface area contributed by atoms with E-state index in [0.717, 1.165) is 31.5 Å². The third kappa shape index (κ3) is 3.59. The first-order valence-electron chi connectivity index (χ1n) is 7.66. The van der Waals surface area contributed by atoms with Gasteiger partial charge in [0, 0.05) is 24.2 Å². The van der Waals surface area contributed by atoms with Crippen molar-refractivity contribution in [2.45, 2.75) is 78.3 Å². The molecule has 0 amide bonds. The molecule has 0 bridgehead atoms. The normalized spacial score (nSPS) is 27.2. The topological polar surface area (TPSA) is 43.8 Å². The summed E-state index contributed by atoms with van der Waals surface area (Å²) in [5, 5.41) is 4.54. The van der Waals surface area contributed by atoms with Crippen LogP contribution in [0.25, 0.3) is 0 Å². The van der Waals surface area contributed by atoms with Gasteiger partial charge in [0.15, 0.2) is 0 Å². The number of aromatic nitrogens is 2. The first kappa shape index (κ1) is 14.6. The lowest BCUT2D eigenvalue weighted by Gasteiger charge is -2.29. The van der Waals surface area contributed by atoms with Crippen LogP contribution < -0.4 is 5.73 Å². The molecule has 2 rings (SSSR count). The number of nitrogens with two attached hydrogens (primary N) is 1. The minimum atomic E-state index is -0.0346. The third-order valence-electron chi connectivity index (χ3n) is 4.65. The summed E-state index contributed by atoms with van der Waals surface area (Å²) in [6.07, 6.45) is 7.04. The number of hydrogen-bond donors (Lipinski definition) is 1. The summed E-state index contributed by atoms with van der Waals surface area (Å²) in [6.45, 7) is 9.90. The predicted molar refractivity (Wildman–Crippen MR) is 80.1 cm³/mol. The maximum atomic E-state index is 6.70. The van der Waals surface area contributed by atoms with Crippen LogP contribution in [0.3, 0.4) is 0 Å². The fourth-order valence-corrected chi connectivity index (χ4v) is 3.31. The van der Waals surface area contributed by atoms with Crippen molar-refractivity contribution in [2.24, 2.45) is 11.1 Å². The summed E-state index contributed by atoms with van der Waals surface area (Å²) in [7, 11) is 0. The van der Waals surface area contributed by atoms with Crippen LogP contribution in [-0.4, -0.2) is 15.3 Å². The average molecular weight is 263 g/mol. The van der Waals surface area contributed by atoms with Gasteiger partial charge in [0.2, 0.25) is 0 Å². The molecule has 1 heterocycles. The predicted octanol–water partition coefficient (Wildman–Crippen LogP) is 3.44. The summed E-state index contributed by atoms with van der Waals surface area (Å²) in [6, 6.07) is 2.20. The van der Waals surface area contributed by atoms with Crippen molar-refractivity contribution in [1.29, 1.82) is 0 Å². The van der Waals surface area contributed by atoms with Crippen LogP contribution in [0.15, 0.2) is 6.07 Å². The smallest absolute Gasteiger partial charge is 0.0596 e. The molecule has 1 aromatic rings. The Morgan fingerprint density at radius 3 is 2.68 bits per heavy atom. The third-order valence-corrected chi connectivity index (χ3v) is 4.65. The first-order chi connectivity index (χ1) is 8.84. The Kier molecular flexibility index (Phi) is 4.05. The van der Waals surface area contributed by atoms with Gasteiger partial charge in [-0.1, -0.05) is 20.3 Å². The van der Waals surface area contributed by atoms with Crippen molar-refractivity contribution in [3.63, 3.8) is 0 Å². The van der Waals surface area contributed by atoms with Crippen molar-refractivity contribution in [3.8, 4) is 0 Å². The SMILES string of the molecule is CCn1nc(C)cc1CC1(N)CCCC(C)(C)CC1. The van der Waals surface area contributed by atoms with Gasteiger partial charge in [-0.05, 0) is 51.0 Å². The molecule has 2 N–H and O–H groups in total. The first-order valence-corrected chi connectivity index (χ1v) is 7.66. The van der Waals surface area contributed by atoms with Gasteiger partial charge >= 0.3 is 0 Å². The number of nitrogens with zero attached hydrogens (tertiary/aromatic N) is 2. The van der Waals surface area contributed by atoms with Crippen molar-refractivity contribution < 1.29 is 0 Å². The van der Waals surface area contributed by atoms with E-state index >= 15 is 0 Å². The zero-order valence-corrected chi connectivity index (χ0v) is 13.0. The monoisotopic (exact) mass is 263 g/mol. The van der Waals surface area contributed by atoms with Crippen molar-refractivity contribution >= 4 is 0 Å². The lowest BCUT2D eigenvalue weighted by atomic mass is 9.82. The maximum Gasteiger partial charge on any atom is 0.0596 e. The van der Waals surface area contributed by atoms with E-state index in [9.17, 15) is 0 Å². The molecular formula is C16H29N3. The van der Waals surface area contributed by atoms with Crippen LogP contribution in [0.1, 0.15) is 64.3 Å². The minimum absolute atomic E-state index is 0.0346. The quantitative estimate of drug-likeness (QED) is 0.849. The second kappa shape index (κ2) is 5.28. The second-order valence-electron chi connectivity index (χ2n) is 7.15. The number of hydrogen-bond acceptors (Lipinski definition) is 2. The van der Waals surface area contributed by atoms with Crippen LogP contribution in [0.2, 0.25) is 0 Å². The molecule has 0 aromatic carbocycles. The molecule has 1 aliphatic rings. The zero-order valence-electron chi connectivity index (χ0n) is 13.0. The summed E-state index contributed by atoms with van der Waals surface area (Å²) < 4.78 is 2.11. The van der Waals surface area contributed by atoms with E-state index in [0.29, 0.717) is 5.41 Å². The van der Waals surface area contributed by atoms with Gasteiger partial charge in [0.25, 0.3) is 0 Å². The molecule has 1 fully saturated rings. The average Bonchev–Trinajstić information content (AvgIpc) is 2.59. The molecule has 3 heteroatoms. The van der Waals surface area contributed by atoms with Crippen molar-refractivity contribution in [2.75, 3.05) is 0 Å². The largest absolute Gasteiger partial charge is 0.325 e. The van der Waals surface area contributed by atoms with E-state index in [1.807, 2.05) is 0 Å².